The molecule has 0 amide bonds. The number of ether oxygens (including phenoxy) is 1. The smallest absolute Gasteiger partial charge is 0.346 e. The molecule has 0 aliphatic heterocycles. The van der Waals surface area contributed by atoms with Crippen molar-refractivity contribution in [2.75, 3.05) is 0 Å². The highest BCUT2D eigenvalue weighted by molar-refractivity contribution is 6.38. The molecular formula is C11H11Cl2NO5. The molecule has 8 heteroatoms. The van der Waals surface area contributed by atoms with Crippen molar-refractivity contribution < 1.29 is 19.6 Å². The third-order valence-corrected chi connectivity index (χ3v) is 2.53. The molecule has 0 fully saturated rings. The van der Waals surface area contributed by atoms with E-state index < -0.39 is 27.7 Å². The first-order valence-corrected chi connectivity index (χ1v) is 5.89. The van der Waals surface area contributed by atoms with Gasteiger partial charge in [0, 0.05) is 0 Å². The highest BCUT2D eigenvalue weighted by Crippen LogP contribution is 2.42. The van der Waals surface area contributed by atoms with Crippen LogP contribution in [0, 0.1) is 10.1 Å². The minimum Gasteiger partial charge on any atom is -0.485 e. The minimum atomic E-state index is -1.53. The number of carbonyl (C=O) groups is 1. The molecule has 0 aliphatic carbocycles. The highest BCUT2D eigenvalue weighted by atomic mass is 35.5. The maximum atomic E-state index is 11.2. The standard InChI is InChI=1S/C11H11Cl2NO5/c1-11(2,3)19-9-6(13)4-5(12)8(14(17)18)7(9)10(15)16/h4H,1-3H3,(H,15,16). The van der Waals surface area contributed by atoms with Gasteiger partial charge in [0.1, 0.15) is 10.6 Å². The Morgan fingerprint density at radius 1 is 1.37 bits per heavy atom. The summed E-state index contributed by atoms with van der Waals surface area (Å²) in [6.45, 7) is 4.99. The zero-order valence-electron chi connectivity index (χ0n) is 10.4. The fraction of sp³-hybridized carbons (Fsp3) is 0.364. The highest BCUT2D eigenvalue weighted by Gasteiger charge is 2.32. The molecule has 6 nitrogen and oxygen atoms in total. The van der Waals surface area contributed by atoms with E-state index in [-0.39, 0.29) is 15.8 Å². The van der Waals surface area contributed by atoms with Crippen molar-refractivity contribution in [2.24, 2.45) is 0 Å². The van der Waals surface area contributed by atoms with E-state index in [1.807, 2.05) is 0 Å². The van der Waals surface area contributed by atoms with Crippen molar-refractivity contribution in [1.29, 1.82) is 0 Å². The molecule has 104 valence electrons. The van der Waals surface area contributed by atoms with Crippen molar-refractivity contribution in [3.05, 3.63) is 31.8 Å². The molecule has 1 N–H and O–H groups in total. The average Bonchev–Trinajstić information content (AvgIpc) is 2.18. The first kappa shape index (κ1) is 15.5. The fourth-order valence-corrected chi connectivity index (χ4v) is 1.95. The fourth-order valence-electron chi connectivity index (χ4n) is 1.37. The Balaban J connectivity index is 3.66. The normalized spacial score (nSPS) is 11.2. The molecule has 0 aliphatic rings. The molecule has 1 aromatic carbocycles. The van der Waals surface area contributed by atoms with Crippen LogP contribution in [0.5, 0.6) is 5.75 Å². The zero-order valence-corrected chi connectivity index (χ0v) is 11.9. The molecule has 0 unspecified atom stereocenters. The van der Waals surface area contributed by atoms with Crippen molar-refractivity contribution >= 4 is 34.9 Å². The summed E-state index contributed by atoms with van der Waals surface area (Å²) in [5.74, 6) is -1.80. The molecule has 1 aromatic rings. The number of rotatable bonds is 3. The lowest BCUT2D eigenvalue weighted by Gasteiger charge is -2.23. The van der Waals surface area contributed by atoms with Gasteiger partial charge in [-0.2, -0.15) is 0 Å². The Hall–Kier alpha value is -1.53. The number of halogens is 2. The largest absolute Gasteiger partial charge is 0.485 e. The Morgan fingerprint density at radius 2 is 1.89 bits per heavy atom. The van der Waals surface area contributed by atoms with E-state index in [0.717, 1.165) is 6.07 Å². The van der Waals surface area contributed by atoms with Gasteiger partial charge in [-0.3, -0.25) is 10.1 Å². The quantitative estimate of drug-likeness (QED) is 0.678. The van der Waals surface area contributed by atoms with Gasteiger partial charge in [0.05, 0.1) is 9.95 Å². The summed E-state index contributed by atoms with van der Waals surface area (Å²) in [5.41, 5.74) is -2.16. The molecule has 0 saturated carbocycles. The number of hydrogen-bond donors (Lipinski definition) is 1. The number of carboxylic acid groups (broad SMARTS) is 1. The Kier molecular flexibility index (Phi) is 4.27. The molecule has 0 atom stereocenters. The SMILES string of the molecule is CC(C)(C)Oc1c(Cl)cc(Cl)c([N+](=O)[O-])c1C(=O)O. The van der Waals surface area contributed by atoms with Gasteiger partial charge in [-0.25, -0.2) is 4.79 Å². The lowest BCUT2D eigenvalue weighted by Crippen LogP contribution is -2.24. The van der Waals surface area contributed by atoms with Crippen molar-refractivity contribution in [2.45, 2.75) is 26.4 Å². The predicted molar refractivity (Wildman–Crippen MR) is 70.5 cm³/mol. The number of nitro benzene ring substituents is 1. The molecule has 0 aromatic heterocycles. The summed E-state index contributed by atoms with van der Waals surface area (Å²) in [6, 6.07) is 1.09. The minimum absolute atomic E-state index is 0.0945. The van der Waals surface area contributed by atoms with E-state index in [1.165, 1.54) is 0 Å². The lowest BCUT2D eigenvalue weighted by atomic mass is 10.1. The zero-order chi connectivity index (χ0) is 15.0. The van der Waals surface area contributed by atoms with Gasteiger partial charge >= 0.3 is 11.7 Å². The van der Waals surface area contributed by atoms with E-state index >= 15 is 0 Å². The molecule has 0 heterocycles. The van der Waals surface area contributed by atoms with Crippen LogP contribution in [0.2, 0.25) is 10.0 Å². The van der Waals surface area contributed by atoms with Gasteiger partial charge < -0.3 is 9.84 Å². The van der Waals surface area contributed by atoms with Crippen LogP contribution in [-0.2, 0) is 0 Å². The number of nitro groups is 1. The topological polar surface area (TPSA) is 89.7 Å². The molecule has 1 rings (SSSR count). The van der Waals surface area contributed by atoms with Crippen LogP contribution in [0.1, 0.15) is 31.1 Å². The summed E-state index contributed by atoms with van der Waals surface area (Å²) in [7, 11) is 0. The second-order valence-corrected chi connectivity index (χ2v) is 5.48. The number of carboxylic acids is 1. The summed E-state index contributed by atoms with van der Waals surface area (Å²) >= 11 is 11.5. The average molecular weight is 308 g/mol. The summed E-state index contributed by atoms with van der Waals surface area (Å²) in [5, 5.41) is 19.6. The first-order valence-electron chi connectivity index (χ1n) is 5.13. The second-order valence-electron chi connectivity index (χ2n) is 4.67. The van der Waals surface area contributed by atoms with Gasteiger partial charge in [-0.05, 0) is 26.8 Å². The third-order valence-electron chi connectivity index (χ3n) is 1.97. The van der Waals surface area contributed by atoms with E-state index in [9.17, 15) is 14.9 Å². The third kappa shape index (κ3) is 3.48. The Morgan fingerprint density at radius 3 is 2.26 bits per heavy atom. The van der Waals surface area contributed by atoms with Crippen LogP contribution in [0.4, 0.5) is 5.69 Å². The maximum absolute atomic E-state index is 11.2. The number of hydrogen-bond acceptors (Lipinski definition) is 4. The van der Waals surface area contributed by atoms with Gasteiger partial charge in [0.25, 0.3) is 0 Å². The van der Waals surface area contributed by atoms with Crippen LogP contribution >= 0.6 is 23.2 Å². The second kappa shape index (κ2) is 5.22. The predicted octanol–water partition coefficient (Wildman–Crippen LogP) is 3.78. The Bertz CT molecular complexity index is 551. The molecule has 0 radical (unpaired) electrons. The molecule has 19 heavy (non-hydrogen) atoms. The van der Waals surface area contributed by atoms with Crippen molar-refractivity contribution in [3.63, 3.8) is 0 Å². The first-order chi connectivity index (χ1) is 8.54. The monoisotopic (exact) mass is 307 g/mol. The van der Waals surface area contributed by atoms with Crippen molar-refractivity contribution in [3.8, 4) is 5.75 Å². The van der Waals surface area contributed by atoms with E-state index in [0.29, 0.717) is 0 Å². The van der Waals surface area contributed by atoms with Crippen LogP contribution < -0.4 is 4.74 Å². The summed E-state index contributed by atoms with van der Waals surface area (Å²) in [6.07, 6.45) is 0. The van der Waals surface area contributed by atoms with Crippen LogP contribution in [0.15, 0.2) is 6.07 Å². The van der Waals surface area contributed by atoms with Gasteiger partial charge in [-0.1, -0.05) is 23.2 Å². The lowest BCUT2D eigenvalue weighted by molar-refractivity contribution is -0.385. The number of benzene rings is 1. The molecule has 0 spiro atoms. The molecular weight excluding hydrogens is 297 g/mol. The van der Waals surface area contributed by atoms with Gasteiger partial charge in [0.15, 0.2) is 11.3 Å². The van der Waals surface area contributed by atoms with Crippen LogP contribution in [0.3, 0.4) is 0 Å². The number of aromatic carboxylic acids is 1. The summed E-state index contributed by atoms with van der Waals surface area (Å²) < 4.78 is 5.39. The Labute approximate surface area is 119 Å². The summed E-state index contributed by atoms with van der Waals surface area (Å²) in [4.78, 5) is 21.3. The molecule has 0 bridgehead atoms. The molecule has 0 saturated heterocycles. The van der Waals surface area contributed by atoms with Crippen molar-refractivity contribution in [1.82, 2.24) is 0 Å². The number of nitrogens with zero attached hydrogens (tertiary/aromatic N) is 1. The van der Waals surface area contributed by atoms with E-state index in [1.54, 1.807) is 20.8 Å². The van der Waals surface area contributed by atoms with Gasteiger partial charge in [-0.15, -0.1) is 0 Å². The van der Waals surface area contributed by atoms with Crippen LogP contribution in [0.25, 0.3) is 0 Å². The van der Waals surface area contributed by atoms with E-state index in [2.05, 4.69) is 0 Å². The van der Waals surface area contributed by atoms with E-state index in [4.69, 9.17) is 33.0 Å². The maximum Gasteiger partial charge on any atom is 0.346 e. The van der Waals surface area contributed by atoms with Gasteiger partial charge in [0.2, 0.25) is 0 Å². The van der Waals surface area contributed by atoms with Crippen LogP contribution in [-0.4, -0.2) is 21.6 Å².